The van der Waals surface area contributed by atoms with Crippen molar-refractivity contribution in [1.82, 2.24) is 19.7 Å². The third kappa shape index (κ3) is 6.55. The van der Waals surface area contributed by atoms with E-state index in [1.165, 1.54) is 30.5 Å². The van der Waals surface area contributed by atoms with Crippen LogP contribution >= 0.6 is 0 Å². The van der Waals surface area contributed by atoms with E-state index in [1.54, 1.807) is 19.2 Å². The smallest absolute Gasteiger partial charge is 0.253 e. The number of carbonyl (C=O) groups is 1. The van der Waals surface area contributed by atoms with E-state index in [1.807, 2.05) is 36.5 Å². The van der Waals surface area contributed by atoms with Crippen molar-refractivity contribution in [2.45, 2.75) is 51.4 Å². The summed E-state index contributed by atoms with van der Waals surface area (Å²) in [6.07, 6.45) is 5.43. The fourth-order valence-corrected chi connectivity index (χ4v) is 6.73. The van der Waals surface area contributed by atoms with Crippen LogP contribution in [0.2, 0.25) is 0 Å². The molecule has 7 nitrogen and oxygen atoms in total. The van der Waals surface area contributed by atoms with Gasteiger partial charge in [-0.25, -0.2) is 4.39 Å². The van der Waals surface area contributed by atoms with Gasteiger partial charge in [0.25, 0.3) is 5.91 Å². The molecule has 0 radical (unpaired) electrons. The van der Waals surface area contributed by atoms with Gasteiger partial charge in [0.1, 0.15) is 23.9 Å². The van der Waals surface area contributed by atoms with E-state index in [2.05, 4.69) is 38.7 Å². The third-order valence-electron chi connectivity index (χ3n) is 9.09. The van der Waals surface area contributed by atoms with Gasteiger partial charge in [-0.15, -0.1) is 0 Å². The van der Waals surface area contributed by atoms with Crippen molar-refractivity contribution in [2.75, 3.05) is 39.9 Å². The Hall–Kier alpha value is -3.88. The highest BCUT2D eigenvalue weighted by molar-refractivity contribution is 6.08. The molecule has 0 spiro atoms. The average molecular weight is 585 g/mol. The van der Waals surface area contributed by atoms with Crippen molar-refractivity contribution in [3.63, 3.8) is 0 Å². The van der Waals surface area contributed by atoms with Crippen LogP contribution in [0, 0.1) is 12.7 Å². The summed E-state index contributed by atoms with van der Waals surface area (Å²) < 4.78 is 26.9. The maximum atomic E-state index is 13.4. The van der Waals surface area contributed by atoms with Crippen molar-refractivity contribution in [3.05, 3.63) is 95.4 Å². The van der Waals surface area contributed by atoms with E-state index in [0.29, 0.717) is 36.5 Å². The molecule has 2 atom stereocenters. The van der Waals surface area contributed by atoms with Gasteiger partial charge in [0, 0.05) is 62.9 Å². The first-order chi connectivity index (χ1) is 21.0. The van der Waals surface area contributed by atoms with Crippen LogP contribution < -0.4 is 14.8 Å². The Morgan fingerprint density at radius 1 is 0.930 bits per heavy atom. The highest BCUT2D eigenvalue weighted by Gasteiger charge is 2.38. The second-order valence-electron chi connectivity index (χ2n) is 11.7. The van der Waals surface area contributed by atoms with Crippen LogP contribution in [0.3, 0.4) is 0 Å². The number of rotatable bonds is 12. The number of fused-ring (bicyclic) bond motifs is 4. The SMILES string of the molecule is COc1cccc2c(C(=O)NCc3ccccc3C)cn(CCCN3C[C@H]4CC[C@@H]3CN4CCOc3ccc(F)cc3)c12. The summed E-state index contributed by atoms with van der Waals surface area (Å²) in [4.78, 5) is 18.6. The number of piperidine rings is 2. The summed E-state index contributed by atoms with van der Waals surface area (Å²) in [6.45, 7) is 8.01. The number of amides is 1. The second kappa shape index (κ2) is 13.2. The molecule has 3 saturated heterocycles. The molecule has 0 saturated carbocycles. The molecule has 3 aromatic carbocycles. The fourth-order valence-electron chi connectivity index (χ4n) is 6.73. The van der Waals surface area contributed by atoms with Gasteiger partial charge < -0.3 is 19.4 Å². The number of methoxy groups -OCH3 is 1. The maximum absolute atomic E-state index is 13.4. The number of nitrogens with one attached hydrogen (secondary N) is 1. The van der Waals surface area contributed by atoms with Crippen molar-refractivity contribution < 1.29 is 18.7 Å². The van der Waals surface area contributed by atoms with E-state index >= 15 is 0 Å². The van der Waals surface area contributed by atoms with Gasteiger partial charge in [0.2, 0.25) is 0 Å². The van der Waals surface area contributed by atoms with Gasteiger partial charge >= 0.3 is 0 Å². The first-order valence-corrected chi connectivity index (χ1v) is 15.3. The zero-order chi connectivity index (χ0) is 29.8. The molecule has 7 rings (SSSR count). The molecule has 1 amide bonds. The number of halogens is 1. The monoisotopic (exact) mass is 584 g/mol. The van der Waals surface area contributed by atoms with Crippen LogP contribution in [-0.2, 0) is 13.1 Å². The number of nitrogens with zero attached hydrogens (tertiary/aromatic N) is 3. The van der Waals surface area contributed by atoms with Gasteiger partial charge in [-0.1, -0.05) is 36.4 Å². The number of piperazine rings is 1. The van der Waals surface area contributed by atoms with Gasteiger partial charge in [-0.2, -0.15) is 0 Å². The zero-order valence-electron chi connectivity index (χ0n) is 25.1. The summed E-state index contributed by atoms with van der Waals surface area (Å²) in [7, 11) is 1.69. The number of carbonyl (C=O) groups excluding carboxylic acids is 1. The van der Waals surface area contributed by atoms with E-state index < -0.39 is 0 Å². The molecule has 4 aromatic rings. The summed E-state index contributed by atoms with van der Waals surface area (Å²) in [5.74, 6) is 1.18. The Bertz CT molecular complexity index is 1550. The summed E-state index contributed by atoms with van der Waals surface area (Å²) >= 11 is 0. The van der Waals surface area contributed by atoms with Crippen molar-refractivity contribution >= 4 is 16.8 Å². The minimum Gasteiger partial charge on any atom is -0.495 e. The van der Waals surface area contributed by atoms with Crippen LogP contribution in [0.15, 0.2) is 72.9 Å². The number of ether oxygens (including phenoxy) is 2. The van der Waals surface area contributed by atoms with Gasteiger partial charge in [-0.05, 0) is 67.6 Å². The molecule has 3 aliphatic heterocycles. The highest BCUT2D eigenvalue weighted by Crippen LogP contribution is 2.32. The number of hydrogen-bond acceptors (Lipinski definition) is 5. The normalized spacial score (nSPS) is 18.7. The Balaban J connectivity index is 1.05. The van der Waals surface area contributed by atoms with Gasteiger partial charge in [0.15, 0.2) is 0 Å². The largest absolute Gasteiger partial charge is 0.495 e. The molecular weight excluding hydrogens is 543 g/mol. The Kier molecular flexibility index (Phi) is 8.95. The second-order valence-corrected chi connectivity index (χ2v) is 11.7. The Labute approximate surface area is 253 Å². The van der Waals surface area contributed by atoms with E-state index in [-0.39, 0.29) is 11.7 Å². The van der Waals surface area contributed by atoms with Crippen LogP contribution in [0.1, 0.15) is 40.7 Å². The minimum absolute atomic E-state index is 0.0721. The molecule has 1 N–H and O–H groups in total. The predicted octanol–water partition coefficient (Wildman–Crippen LogP) is 5.65. The molecule has 3 aliphatic rings. The average Bonchev–Trinajstić information content (AvgIpc) is 3.41. The van der Waals surface area contributed by atoms with Gasteiger partial charge in [0.05, 0.1) is 18.2 Å². The van der Waals surface area contributed by atoms with Crippen LogP contribution in [0.4, 0.5) is 4.39 Å². The van der Waals surface area contributed by atoms with Crippen molar-refractivity contribution in [2.24, 2.45) is 0 Å². The number of aryl methyl sites for hydroxylation is 2. The summed E-state index contributed by atoms with van der Waals surface area (Å²) in [5, 5.41) is 4.04. The Morgan fingerprint density at radius 3 is 2.40 bits per heavy atom. The topological polar surface area (TPSA) is 59.0 Å². The molecule has 1 aromatic heterocycles. The maximum Gasteiger partial charge on any atom is 0.253 e. The Morgan fingerprint density at radius 2 is 1.67 bits per heavy atom. The lowest BCUT2D eigenvalue weighted by molar-refractivity contribution is -0.0259. The van der Waals surface area contributed by atoms with E-state index in [0.717, 1.165) is 61.4 Å². The minimum atomic E-state index is -0.246. The quantitative estimate of drug-likeness (QED) is 0.234. The molecule has 226 valence electrons. The molecule has 0 unspecified atom stereocenters. The van der Waals surface area contributed by atoms with E-state index in [9.17, 15) is 9.18 Å². The molecule has 2 bridgehead atoms. The van der Waals surface area contributed by atoms with Crippen LogP contribution in [0.25, 0.3) is 10.9 Å². The predicted molar refractivity (Wildman–Crippen MR) is 167 cm³/mol. The molecular formula is C35H41FN4O3. The molecule has 0 aliphatic carbocycles. The number of benzene rings is 3. The lowest BCUT2D eigenvalue weighted by atomic mass is 9.90. The lowest BCUT2D eigenvalue weighted by Crippen LogP contribution is -2.63. The highest BCUT2D eigenvalue weighted by atomic mass is 19.1. The first kappa shape index (κ1) is 29.2. The van der Waals surface area contributed by atoms with Crippen LogP contribution in [-0.4, -0.2) is 72.3 Å². The fraction of sp³-hybridized carbons (Fsp3) is 0.400. The first-order valence-electron chi connectivity index (χ1n) is 15.3. The third-order valence-corrected chi connectivity index (χ3v) is 9.09. The van der Waals surface area contributed by atoms with Crippen molar-refractivity contribution in [3.8, 4) is 11.5 Å². The molecule has 4 heterocycles. The number of para-hydroxylation sites is 1. The summed E-state index contributed by atoms with van der Waals surface area (Å²) in [5.41, 5.74) is 3.93. The van der Waals surface area contributed by atoms with Crippen molar-refractivity contribution in [1.29, 1.82) is 0 Å². The van der Waals surface area contributed by atoms with Gasteiger partial charge in [-0.3, -0.25) is 14.6 Å². The number of aromatic nitrogens is 1. The van der Waals surface area contributed by atoms with E-state index in [4.69, 9.17) is 9.47 Å². The number of hydrogen-bond donors (Lipinski definition) is 1. The molecule has 8 heteroatoms. The zero-order valence-corrected chi connectivity index (χ0v) is 25.1. The summed E-state index contributed by atoms with van der Waals surface area (Å²) in [6, 6.07) is 21.4. The lowest BCUT2D eigenvalue weighted by Gasteiger charge is -2.51. The molecule has 43 heavy (non-hydrogen) atoms. The molecule has 3 fully saturated rings. The standard InChI is InChI=1S/C35H41FN4O3/c1-25-7-3-4-8-26(25)21-37-35(41)32-24-40(34-31(32)9-5-10-33(34)42-2)18-6-17-38-22-29-14-13-28(38)23-39(29)19-20-43-30-15-11-27(36)12-16-30/h3-5,7-12,15-16,24,28-29H,6,13-14,17-23H2,1-2H3,(H,37,41)/t28-,29-/m1/s1. The van der Waals surface area contributed by atoms with Crippen LogP contribution in [0.5, 0.6) is 11.5 Å².